The molecular formula is C15H17N5O. The maximum atomic E-state index is 12.7. The molecule has 1 aliphatic heterocycles. The molecule has 1 unspecified atom stereocenters. The van der Waals surface area contributed by atoms with Gasteiger partial charge in [0.25, 0.3) is 5.91 Å². The monoisotopic (exact) mass is 283 g/mol. The molecule has 0 saturated heterocycles. The molecule has 0 aliphatic carbocycles. The summed E-state index contributed by atoms with van der Waals surface area (Å²) < 4.78 is 1.64. The first-order valence-corrected chi connectivity index (χ1v) is 6.83. The highest BCUT2D eigenvalue weighted by Crippen LogP contribution is 2.27. The van der Waals surface area contributed by atoms with Crippen LogP contribution in [-0.2, 0) is 4.79 Å². The molecule has 0 bridgehead atoms. The first kappa shape index (κ1) is 13.5. The van der Waals surface area contributed by atoms with Crippen molar-refractivity contribution in [3.8, 4) is 0 Å². The van der Waals surface area contributed by atoms with E-state index in [0.717, 1.165) is 22.6 Å². The molecule has 0 saturated carbocycles. The van der Waals surface area contributed by atoms with Gasteiger partial charge in [-0.2, -0.15) is 10.1 Å². The Labute approximate surface area is 123 Å². The van der Waals surface area contributed by atoms with E-state index >= 15 is 0 Å². The number of nitrogens with zero attached hydrogens (tertiary/aromatic N) is 5. The SMILES string of the molecule is CC1=NN(c2ccc(C)cc2)C(=O)C1n1nnc(C)c1C. The van der Waals surface area contributed by atoms with Gasteiger partial charge in [-0.25, -0.2) is 4.68 Å². The summed E-state index contributed by atoms with van der Waals surface area (Å²) in [5.74, 6) is -0.107. The van der Waals surface area contributed by atoms with Crippen molar-refractivity contribution in [1.82, 2.24) is 15.0 Å². The summed E-state index contributed by atoms with van der Waals surface area (Å²) in [5.41, 5.74) is 4.33. The second-order valence-corrected chi connectivity index (χ2v) is 5.33. The quantitative estimate of drug-likeness (QED) is 0.848. The fraction of sp³-hybridized carbons (Fsp3) is 0.333. The normalized spacial score (nSPS) is 18.3. The zero-order valence-electron chi connectivity index (χ0n) is 12.5. The van der Waals surface area contributed by atoms with Crippen molar-refractivity contribution in [1.29, 1.82) is 0 Å². The van der Waals surface area contributed by atoms with E-state index in [1.54, 1.807) is 4.68 Å². The fourth-order valence-electron chi connectivity index (χ4n) is 2.37. The minimum atomic E-state index is -0.507. The van der Waals surface area contributed by atoms with Gasteiger partial charge in [0.1, 0.15) is 0 Å². The van der Waals surface area contributed by atoms with Gasteiger partial charge < -0.3 is 0 Å². The summed E-state index contributed by atoms with van der Waals surface area (Å²) >= 11 is 0. The van der Waals surface area contributed by atoms with Crippen LogP contribution in [0.2, 0.25) is 0 Å². The average molecular weight is 283 g/mol. The van der Waals surface area contributed by atoms with E-state index in [4.69, 9.17) is 0 Å². The van der Waals surface area contributed by atoms with Crippen molar-refractivity contribution >= 4 is 17.3 Å². The van der Waals surface area contributed by atoms with Gasteiger partial charge in [0.2, 0.25) is 0 Å². The number of hydrogen-bond donors (Lipinski definition) is 0. The highest BCUT2D eigenvalue weighted by Gasteiger charge is 2.37. The standard InChI is InChI=1S/C15H17N5O/c1-9-5-7-13(8-6-9)20-15(21)14(11(3)17-20)19-12(4)10(2)16-18-19/h5-8,14H,1-4H3. The van der Waals surface area contributed by atoms with E-state index in [1.807, 2.05) is 52.0 Å². The van der Waals surface area contributed by atoms with Crippen LogP contribution < -0.4 is 5.01 Å². The Balaban J connectivity index is 1.97. The Kier molecular flexibility index (Phi) is 3.08. The lowest BCUT2D eigenvalue weighted by molar-refractivity contribution is -0.119. The molecule has 2 heterocycles. The van der Waals surface area contributed by atoms with Gasteiger partial charge in [-0.15, -0.1) is 5.10 Å². The Morgan fingerprint density at radius 2 is 1.71 bits per heavy atom. The van der Waals surface area contributed by atoms with Crippen LogP contribution in [0.15, 0.2) is 29.4 Å². The van der Waals surface area contributed by atoms with Crippen LogP contribution in [0.5, 0.6) is 0 Å². The maximum Gasteiger partial charge on any atom is 0.278 e. The second-order valence-electron chi connectivity index (χ2n) is 5.33. The molecule has 108 valence electrons. The molecule has 0 spiro atoms. The van der Waals surface area contributed by atoms with E-state index in [0.29, 0.717) is 5.71 Å². The number of hydrogen-bond acceptors (Lipinski definition) is 4. The Bertz CT molecular complexity index is 729. The molecule has 0 N–H and O–H groups in total. The lowest BCUT2D eigenvalue weighted by Crippen LogP contribution is -2.30. The zero-order chi connectivity index (χ0) is 15.1. The van der Waals surface area contributed by atoms with E-state index < -0.39 is 6.04 Å². The van der Waals surface area contributed by atoms with Crippen molar-refractivity contribution in [3.05, 3.63) is 41.2 Å². The topological polar surface area (TPSA) is 63.4 Å². The lowest BCUT2D eigenvalue weighted by atomic mass is 10.1. The molecular weight excluding hydrogens is 266 g/mol. The van der Waals surface area contributed by atoms with Crippen LogP contribution in [0.3, 0.4) is 0 Å². The number of carbonyl (C=O) groups excluding carboxylic acids is 1. The Hall–Kier alpha value is -2.50. The van der Waals surface area contributed by atoms with Gasteiger partial charge in [-0.05, 0) is 39.8 Å². The third-order valence-electron chi connectivity index (χ3n) is 3.78. The van der Waals surface area contributed by atoms with Crippen LogP contribution >= 0.6 is 0 Å². The number of amides is 1. The molecule has 1 aliphatic rings. The number of aromatic nitrogens is 3. The number of rotatable bonds is 2. The largest absolute Gasteiger partial charge is 0.278 e. The summed E-state index contributed by atoms with van der Waals surface area (Å²) in [6.07, 6.45) is 0. The predicted molar refractivity (Wildman–Crippen MR) is 80.3 cm³/mol. The van der Waals surface area contributed by atoms with Crippen molar-refractivity contribution in [2.75, 3.05) is 5.01 Å². The third kappa shape index (κ3) is 2.12. The van der Waals surface area contributed by atoms with Crippen molar-refractivity contribution in [3.63, 3.8) is 0 Å². The smallest absolute Gasteiger partial charge is 0.270 e. The summed E-state index contributed by atoms with van der Waals surface area (Å²) in [5, 5.41) is 13.9. The van der Waals surface area contributed by atoms with E-state index in [2.05, 4.69) is 15.4 Å². The summed E-state index contributed by atoms with van der Waals surface area (Å²) in [6.45, 7) is 7.63. The molecule has 6 nitrogen and oxygen atoms in total. The first-order valence-electron chi connectivity index (χ1n) is 6.83. The van der Waals surface area contributed by atoms with Crippen molar-refractivity contribution in [2.45, 2.75) is 33.7 Å². The Morgan fingerprint density at radius 3 is 2.29 bits per heavy atom. The first-order chi connectivity index (χ1) is 9.99. The average Bonchev–Trinajstić information content (AvgIpc) is 2.92. The van der Waals surface area contributed by atoms with Crippen LogP contribution in [0, 0.1) is 20.8 Å². The van der Waals surface area contributed by atoms with Crippen molar-refractivity contribution in [2.24, 2.45) is 5.10 Å². The molecule has 3 rings (SSSR count). The molecule has 1 aromatic carbocycles. The fourth-order valence-corrected chi connectivity index (χ4v) is 2.37. The zero-order valence-corrected chi connectivity index (χ0v) is 12.5. The van der Waals surface area contributed by atoms with Crippen LogP contribution in [0.1, 0.15) is 29.9 Å². The minimum Gasteiger partial charge on any atom is -0.270 e. The van der Waals surface area contributed by atoms with Crippen molar-refractivity contribution < 1.29 is 4.79 Å². The maximum absolute atomic E-state index is 12.7. The third-order valence-corrected chi connectivity index (χ3v) is 3.78. The molecule has 1 atom stereocenters. The molecule has 0 fully saturated rings. The molecule has 6 heteroatoms. The number of aryl methyl sites for hydroxylation is 2. The van der Waals surface area contributed by atoms with Gasteiger partial charge in [-0.3, -0.25) is 4.79 Å². The second kappa shape index (κ2) is 4.80. The Morgan fingerprint density at radius 1 is 1.05 bits per heavy atom. The van der Waals surface area contributed by atoms with E-state index in [-0.39, 0.29) is 5.91 Å². The highest BCUT2D eigenvalue weighted by atomic mass is 16.2. The summed E-state index contributed by atoms with van der Waals surface area (Å²) in [7, 11) is 0. The number of carbonyl (C=O) groups is 1. The summed E-state index contributed by atoms with van der Waals surface area (Å²) in [6, 6.07) is 7.21. The van der Waals surface area contributed by atoms with Crippen LogP contribution in [0.4, 0.5) is 5.69 Å². The predicted octanol–water partition coefficient (Wildman–Crippen LogP) is 2.17. The summed E-state index contributed by atoms with van der Waals surface area (Å²) in [4.78, 5) is 12.7. The number of anilines is 1. The number of benzene rings is 1. The van der Waals surface area contributed by atoms with E-state index in [1.165, 1.54) is 5.01 Å². The van der Waals surface area contributed by atoms with Gasteiger partial charge >= 0.3 is 0 Å². The van der Waals surface area contributed by atoms with Crippen LogP contribution in [0.25, 0.3) is 0 Å². The minimum absolute atomic E-state index is 0.107. The van der Waals surface area contributed by atoms with Gasteiger partial charge in [0.15, 0.2) is 6.04 Å². The molecule has 1 aromatic heterocycles. The van der Waals surface area contributed by atoms with Gasteiger partial charge in [0.05, 0.1) is 22.8 Å². The van der Waals surface area contributed by atoms with Gasteiger partial charge in [-0.1, -0.05) is 22.9 Å². The molecule has 0 radical (unpaired) electrons. The molecule has 2 aromatic rings. The molecule has 21 heavy (non-hydrogen) atoms. The van der Waals surface area contributed by atoms with Crippen LogP contribution in [-0.4, -0.2) is 26.6 Å². The van der Waals surface area contributed by atoms with Gasteiger partial charge in [0, 0.05) is 0 Å². The number of hydrazone groups is 1. The molecule has 1 amide bonds. The highest BCUT2D eigenvalue weighted by molar-refractivity contribution is 6.16. The lowest BCUT2D eigenvalue weighted by Gasteiger charge is -2.15. The van der Waals surface area contributed by atoms with E-state index in [9.17, 15) is 4.79 Å².